The molecule has 0 aliphatic rings. The minimum absolute atomic E-state index is 0.0875. The van der Waals surface area contributed by atoms with Gasteiger partial charge in [0.1, 0.15) is 0 Å². The van der Waals surface area contributed by atoms with Gasteiger partial charge in [-0.1, -0.05) is 32.9 Å². The zero-order chi connectivity index (χ0) is 20.0. The highest BCUT2D eigenvalue weighted by molar-refractivity contribution is 6.06. The summed E-state index contributed by atoms with van der Waals surface area (Å²) in [7, 11) is 0. The fraction of sp³-hybridized carbons (Fsp3) is 0.286. The predicted octanol–water partition coefficient (Wildman–Crippen LogP) is 4.19. The van der Waals surface area contributed by atoms with Crippen LogP contribution in [0, 0.1) is 12.8 Å². The normalized spacial score (nSPS) is 10.4. The highest BCUT2D eigenvalue weighted by atomic mass is 16.2. The van der Waals surface area contributed by atoms with Crippen LogP contribution in [0.1, 0.15) is 43.1 Å². The Hall–Kier alpha value is -3.15. The second-order valence-corrected chi connectivity index (χ2v) is 6.61. The summed E-state index contributed by atoms with van der Waals surface area (Å²) in [4.78, 5) is 36.0. The molecular formula is C21H25N3O3. The topological polar surface area (TPSA) is 87.3 Å². The Morgan fingerprint density at radius 2 is 1.63 bits per heavy atom. The molecule has 2 rings (SSSR count). The van der Waals surface area contributed by atoms with E-state index in [2.05, 4.69) is 16.0 Å². The standard InChI is InChI=1S/C21H25N3O3/c1-5-19(25)22-16-8-6-7-15(11-16)21(27)24-18-12-17(10-9-14(18)4)23-20(26)13(2)3/h6-13H,5H2,1-4H3,(H,22,25)(H,23,26)(H,24,27). The number of carbonyl (C=O) groups excluding carboxylic acids is 3. The lowest BCUT2D eigenvalue weighted by Gasteiger charge is -2.13. The van der Waals surface area contributed by atoms with E-state index in [9.17, 15) is 14.4 Å². The van der Waals surface area contributed by atoms with Crippen molar-refractivity contribution in [2.24, 2.45) is 5.92 Å². The number of nitrogens with one attached hydrogen (secondary N) is 3. The van der Waals surface area contributed by atoms with Gasteiger partial charge in [-0.25, -0.2) is 0 Å². The molecule has 6 heteroatoms. The molecule has 0 radical (unpaired) electrons. The van der Waals surface area contributed by atoms with Crippen LogP contribution in [0.5, 0.6) is 0 Å². The Kier molecular flexibility index (Phi) is 6.71. The maximum Gasteiger partial charge on any atom is 0.255 e. The fourth-order valence-corrected chi connectivity index (χ4v) is 2.30. The van der Waals surface area contributed by atoms with Gasteiger partial charge in [0.2, 0.25) is 11.8 Å². The summed E-state index contributed by atoms with van der Waals surface area (Å²) in [5.41, 5.74) is 3.12. The van der Waals surface area contributed by atoms with Gasteiger partial charge in [0.25, 0.3) is 5.91 Å². The van der Waals surface area contributed by atoms with Crippen molar-refractivity contribution in [3.8, 4) is 0 Å². The van der Waals surface area contributed by atoms with Crippen LogP contribution in [0.15, 0.2) is 42.5 Å². The lowest BCUT2D eigenvalue weighted by Crippen LogP contribution is -2.18. The molecule has 3 amide bonds. The molecule has 0 saturated carbocycles. The molecule has 2 aromatic rings. The Bertz CT molecular complexity index is 860. The quantitative estimate of drug-likeness (QED) is 0.715. The molecule has 0 atom stereocenters. The van der Waals surface area contributed by atoms with Gasteiger partial charge in [-0.15, -0.1) is 0 Å². The molecule has 27 heavy (non-hydrogen) atoms. The minimum Gasteiger partial charge on any atom is -0.326 e. The molecule has 0 aliphatic carbocycles. The molecule has 142 valence electrons. The predicted molar refractivity (Wildman–Crippen MR) is 108 cm³/mol. The first-order valence-electron chi connectivity index (χ1n) is 8.93. The maximum atomic E-state index is 12.6. The highest BCUT2D eigenvalue weighted by Gasteiger charge is 2.12. The Labute approximate surface area is 159 Å². The molecule has 0 saturated heterocycles. The lowest BCUT2D eigenvalue weighted by molar-refractivity contribution is -0.119. The van der Waals surface area contributed by atoms with Crippen molar-refractivity contribution < 1.29 is 14.4 Å². The van der Waals surface area contributed by atoms with E-state index in [0.717, 1.165) is 5.56 Å². The maximum absolute atomic E-state index is 12.6. The van der Waals surface area contributed by atoms with E-state index in [-0.39, 0.29) is 23.6 Å². The number of rotatable bonds is 6. The van der Waals surface area contributed by atoms with E-state index >= 15 is 0 Å². The van der Waals surface area contributed by atoms with E-state index in [1.807, 2.05) is 26.8 Å². The van der Waals surface area contributed by atoms with Crippen molar-refractivity contribution in [1.82, 2.24) is 0 Å². The van der Waals surface area contributed by atoms with Crippen LogP contribution in [0.25, 0.3) is 0 Å². The Morgan fingerprint density at radius 3 is 2.30 bits per heavy atom. The van der Waals surface area contributed by atoms with E-state index in [0.29, 0.717) is 29.0 Å². The Morgan fingerprint density at radius 1 is 0.926 bits per heavy atom. The zero-order valence-electron chi connectivity index (χ0n) is 16.1. The van der Waals surface area contributed by atoms with E-state index in [4.69, 9.17) is 0 Å². The van der Waals surface area contributed by atoms with Crippen LogP contribution in [-0.4, -0.2) is 17.7 Å². The van der Waals surface area contributed by atoms with Crippen molar-refractivity contribution in [2.75, 3.05) is 16.0 Å². The van der Waals surface area contributed by atoms with Crippen LogP contribution in [-0.2, 0) is 9.59 Å². The van der Waals surface area contributed by atoms with Crippen molar-refractivity contribution in [3.63, 3.8) is 0 Å². The highest BCUT2D eigenvalue weighted by Crippen LogP contribution is 2.22. The summed E-state index contributed by atoms with van der Waals surface area (Å²) in [6.07, 6.45) is 0.366. The first kappa shape index (κ1) is 20.2. The second-order valence-electron chi connectivity index (χ2n) is 6.61. The summed E-state index contributed by atoms with van der Waals surface area (Å²) >= 11 is 0. The third-order valence-electron chi connectivity index (χ3n) is 4.01. The van der Waals surface area contributed by atoms with Crippen molar-refractivity contribution in [1.29, 1.82) is 0 Å². The molecule has 3 N–H and O–H groups in total. The number of aryl methyl sites for hydroxylation is 1. The van der Waals surface area contributed by atoms with Crippen molar-refractivity contribution in [3.05, 3.63) is 53.6 Å². The van der Waals surface area contributed by atoms with Gasteiger partial charge in [0, 0.05) is 35.0 Å². The SMILES string of the molecule is CCC(=O)Nc1cccc(C(=O)Nc2cc(NC(=O)C(C)C)ccc2C)c1. The third kappa shape index (κ3) is 5.67. The lowest BCUT2D eigenvalue weighted by atomic mass is 10.1. The van der Waals surface area contributed by atoms with Crippen LogP contribution in [0.3, 0.4) is 0 Å². The van der Waals surface area contributed by atoms with Gasteiger partial charge >= 0.3 is 0 Å². The van der Waals surface area contributed by atoms with E-state index in [1.165, 1.54) is 0 Å². The van der Waals surface area contributed by atoms with Crippen LogP contribution in [0.4, 0.5) is 17.1 Å². The monoisotopic (exact) mass is 367 g/mol. The van der Waals surface area contributed by atoms with Gasteiger partial charge < -0.3 is 16.0 Å². The first-order chi connectivity index (χ1) is 12.8. The first-order valence-corrected chi connectivity index (χ1v) is 8.93. The molecule has 0 heterocycles. The van der Waals surface area contributed by atoms with Crippen LogP contribution in [0.2, 0.25) is 0 Å². The van der Waals surface area contributed by atoms with Gasteiger partial charge in [-0.05, 0) is 42.8 Å². The number of hydrogen-bond donors (Lipinski definition) is 3. The third-order valence-corrected chi connectivity index (χ3v) is 4.01. The smallest absolute Gasteiger partial charge is 0.255 e. The van der Waals surface area contributed by atoms with Crippen LogP contribution >= 0.6 is 0 Å². The average molecular weight is 367 g/mol. The number of anilines is 3. The number of carbonyl (C=O) groups is 3. The summed E-state index contributed by atoms with van der Waals surface area (Å²) in [6, 6.07) is 12.1. The molecule has 0 fully saturated rings. The van der Waals surface area contributed by atoms with Gasteiger partial charge in [-0.3, -0.25) is 14.4 Å². The molecule has 0 aromatic heterocycles. The molecule has 0 spiro atoms. The summed E-state index contributed by atoms with van der Waals surface area (Å²) in [6.45, 7) is 7.27. The van der Waals surface area contributed by atoms with Gasteiger partial charge in [-0.2, -0.15) is 0 Å². The van der Waals surface area contributed by atoms with E-state index < -0.39 is 0 Å². The number of hydrogen-bond acceptors (Lipinski definition) is 3. The molecule has 2 aromatic carbocycles. The van der Waals surface area contributed by atoms with Crippen LogP contribution < -0.4 is 16.0 Å². The summed E-state index contributed by atoms with van der Waals surface area (Å²) in [5, 5.41) is 8.42. The fourth-order valence-electron chi connectivity index (χ4n) is 2.30. The molecule has 6 nitrogen and oxygen atoms in total. The molecular weight excluding hydrogens is 342 g/mol. The largest absolute Gasteiger partial charge is 0.326 e. The number of benzene rings is 2. The minimum atomic E-state index is -0.293. The summed E-state index contributed by atoms with van der Waals surface area (Å²) in [5.74, 6) is -0.629. The number of amides is 3. The van der Waals surface area contributed by atoms with Gasteiger partial charge in [0.05, 0.1) is 0 Å². The molecule has 0 bridgehead atoms. The van der Waals surface area contributed by atoms with Crippen molar-refractivity contribution in [2.45, 2.75) is 34.1 Å². The molecule has 0 unspecified atom stereocenters. The Balaban J connectivity index is 2.16. The summed E-state index contributed by atoms with van der Waals surface area (Å²) < 4.78 is 0. The van der Waals surface area contributed by atoms with E-state index in [1.54, 1.807) is 43.3 Å². The second kappa shape index (κ2) is 8.98. The van der Waals surface area contributed by atoms with Crippen molar-refractivity contribution >= 4 is 34.8 Å². The zero-order valence-corrected chi connectivity index (χ0v) is 16.1. The average Bonchev–Trinajstić information content (AvgIpc) is 2.64. The van der Waals surface area contributed by atoms with Gasteiger partial charge in [0.15, 0.2) is 0 Å². The molecule has 0 aliphatic heterocycles.